The molecule has 0 aliphatic carbocycles. The van der Waals surface area contributed by atoms with E-state index in [1.54, 1.807) is 0 Å². The monoisotopic (exact) mass is 595 g/mol. The number of nitrogens with zero attached hydrogens (tertiary/aromatic N) is 2. The van der Waals surface area contributed by atoms with Crippen LogP contribution in [0.2, 0.25) is 0 Å². The Morgan fingerprint density at radius 1 is 0.500 bits per heavy atom. The van der Waals surface area contributed by atoms with Crippen molar-refractivity contribution in [1.29, 1.82) is 0 Å². The lowest BCUT2D eigenvalue weighted by Crippen LogP contribution is -2.27. The molecule has 0 saturated heterocycles. The van der Waals surface area contributed by atoms with Crippen LogP contribution in [0.1, 0.15) is 58.4 Å². The molecular weight excluding hydrogens is 558 g/mol. The Labute approximate surface area is 272 Å². The average Bonchev–Trinajstić information content (AvgIpc) is 3.08. The van der Waals surface area contributed by atoms with Crippen LogP contribution in [-0.2, 0) is 5.41 Å². The molecule has 0 spiro atoms. The molecule has 7 rings (SSSR count). The summed E-state index contributed by atoms with van der Waals surface area (Å²) in [4.78, 5) is 10.9. The summed E-state index contributed by atoms with van der Waals surface area (Å²) in [6.07, 6.45) is 0. The van der Waals surface area contributed by atoms with Gasteiger partial charge in [-0.05, 0) is 48.7 Å². The van der Waals surface area contributed by atoms with E-state index in [0.717, 1.165) is 62.0 Å². The highest BCUT2D eigenvalue weighted by molar-refractivity contribution is 6.15. The number of anilines is 2. The van der Waals surface area contributed by atoms with Crippen LogP contribution in [0.5, 0.6) is 0 Å². The van der Waals surface area contributed by atoms with Gasteiger partial charge in [0.1, 0.15) is 0 Å². The SMILES string of the molecule is Cc1cc(N=C(c2ccccc2)c2ccccc2)c2c(c1)Nc1c(N=C(c3ccccc3)c3ccccc3)cc(C)cc1C2(C)C. The second-order valence-electron chi connectivity index (χ2n) is 12.5. The highest BCUT2D eigenvalue weighted by Crippen LogP contribution is 2.52. The van der Waals surface area contributed by atoms with Crippen LogP contribution in [-0.4, -0.2) is 11.4 Å². The zero-order valence-electron chi connectivity index (χ0n) is 26.8. The summed E-state index contributed by atoms with van der Waals surface area (Å²) >= 11 is 0. The molecule has 224 valence electrons. The highest BCUT2D eigenvalue weighted by Gasteiger charge is 2.37. The Balaban J connectivity index is 1.43. The number of rotatable bonds is 6. The van der Waals surface area contributed by atoms with E-state index < -0.39 is 0 Å². The Bertz CT molecular complexity index is 1990. The van der Waals surface area contributed by atoms with Crippen LogP contribution in [0.15, 0.2) is 156 Å². The van der Waals surface area contributed by atoms with Gasteiger partial charge in [-0.1, -0.05) is 141 Å². The van der Waals surface area contributed by atoms with E-state index in [-0.39, 0.29) is 5.41 Å². The number of aryl methyl sites for hydroxylation is 2. The minimum Gasteiger partial charge on any atom is -0.353 e. The number of fused-ring (bicyclic) bond motifs is 2. The molecule has 6 aromatic carbocycles. The van der Waals surface area contributed by atoms with E-state index in [2.05, 4.69) is 154 Å². The Kier molecular flexibility index (Phi) is 7.68. The molecule has 0 unspecified atom stereocenters. The molecule has 0 amide bonds. The van der Waals surface area contributed by atoms with Crippen molar-refractivity contribution in [3.8, 4) is 0 Å². The zero-order chi connectivity index (χ0) is 31.7. The molecule has 0 fully saturated rings. The molecular formula is C43H37N3. The minimum absolute atomic E-state index is 0.350. The van der Waals surface area contributed by atoms with Crippen molar-refractivity contribution in [3.05, 3.63) is 190 Å². The van der Waals surface area contributed by atoms with Gasteiger partial charge in [0.05, 0.1) is 28.5 Å². The summed E-state index contributed by atoms with van der Waals surface area (Å²) in [5, 5.41) is 3.86. The zero-order valence-corrected chi connectivity index (χ0v) is 26.8. The fourth-order valence-electron chi connectivity index (χ4n) is 6.58. The van der Waals surface area contributed by atoms with Gasteiger partial charge < -0.3 is 5.32 Å². The third-order valence-electron chi connectivity index (χ3n) is 8.74. The first kappa shape index (κ1) is 29.2. The average molecular weight is 596 g/mol. The van der Waals surface area contributed by atoms with Crippen LogP contribution in [0.3, 0.4) is 0 Å². The fraction of sp³-hybridized carbons (Fsp3) is 0.116. The summed E-state index contributed by atoms with van der Waals surface area (Å²) in [5.74, 6) is 0. The molecule has 0 bridgehead atoms. The normalized spacial score (nSPS) is 12.7. The molecule has 3 heteroatoms. The third-order valence-corrected chi connectivity index (χ3v) is 8.74. The van der Waals surface area contributed by atoms with Gasteiger partial charge in [0, 0.05) is 38.9 Å². The molecule has 0 atom stereocenters. The first-order chi connectivity index (χ1) is 22.4. The molecule has 0 radical (unpaired) electrons. The number of hydrogen-bond acceptors (Lipinski definition) is 3. The van der Waals surface area contributed by atoms with Crippen LogP contribution >= 0.6 is 0 Å². The predicted octanol–water partition coefficient (Wildman–Crippen LogP) is 11.0. The summed E-state index contributed by atoms with van der Waals surface area (Å²) in [5.41, 5.74) is 14.6. The standard InChI is InChI=1S/C43H37N3/c1-29-25-35-42(38(28-29)46-41(33-21-13-7-14-22-33)34-23-15-8-16-24-34)45-37-27-30(2)26-36(39(37)43(35,3)4)44-40(31-17-9-5-10-18-31)32-19-11-6-12-20-32/h5-28,45H,1-4H3. The molecule has 1 heterocycles. The number of benzene rings is 6. The van der Waals surface area contributed by atoms with E-state index in [1.807, 2.05) is 24.3 Å². The first-order valence-electron chi connectivity index (χ1n) is 15.8. The Morgan fingerprint density at radius 2 is 0.891 bits per heavy atom. The maximum atomic E-state index is 5.46. The fourth-order valence-corrected chi connectivity index (χ4v) is 6.58. The van der Waals surface area contributed by atoms with Gasteiger partial charge in [0.2, 0.25) is 0 Å². The van der Waals surface area contributed by atoms with Gasteiger partial charge in [0.25, 0.3) is 0 Å². The summed E-state index contributed by atoms with van der Waals surface area (Å²) in [6, 6.07) is 50.8. The van der Waals surface area contributed by atoms with E-state index in [9.17, 15) is 0 Å². The summed E-state index contributed by atoms with van der Waals surface area (Å²) < 4.78 is 0. The second-order valence-corrected chi connectivity index (χ2v) is 12.5. The van der Waals surface area contributed by atoms with Crippen molar-refractivity contribution in [2.75, 3.05) is 5.32 Å². The number of hydrogen-bond donors (Lipinski definition) is 1. The van der Waals surface area contributed by atoms with Crippen LogP contribution in [0, 0.1) is 13.8 Å². The van der Waals surface area contributed by atoms with Crippen molar-refractivity contribution in [3.63, 3.8) is 0 Å². The smallest absolute Gasteiger partial charge is 0.0878 e. The van der Waals surface area contributed by atoms with E-state index >= 15 is 0 Å². The Hall–Kier alpha value is -5.54. The number of aliphatic imine (C=N–C) groups is 2. The van der Waals surface area contributed by atoms with Crippen LogP contribution in [0.4, 0.5) is 22.7 Å². The quantitative estimate of drug-likeness (QED) is 0.191. The lowest BCUT2D eigenvalue weighted by Gasteiger charge is -2.38. The molecule has 6 aromatic rings. The van der Waals surface area contributed by atoms with E-state index in [1.165, 1.54) is 16.7 Å². The van der Waals surface area contributed by atoms with Crippen molar-refractivity contribution < 1.29 is 0 Å². The molecule has 1 N–H and O–H groups in total. The van der Waals surface area contributed by atoms with Crippen molar-refractivity contribution in [1.82, 2.24) is 0 Å². The van der Waals surface area contributed by atoms with Gasteiger partial charge in [0.15, 0.2) is 0 Å². The molecule has 1 aliphatic rings. The highest BCUT2D eigenvalue weighted by atomic mass is 15.0. The summed E-state index contributed by atoms with van der Waals surface area (Å²) in [7, 11) is 0. The Morgan fingerprint density at radius 3 is 1.35 bits per heavy atom. The number of nitrogens with one attached hydrogen (secondary N) is 1. The second kappa shape index (κ2) is 12.1. The van der Waals surface area contributed by atoms with Gasteiger partial charge in [-0.15, -0.1) is 0 Å². The molecule has 46 heavy (non-hydrogen) atoms. The van der Waals surface area contributed by atoms with E-state index in [0.29, 0.717) is 0 Å². The van der Waals surface area contributed by atoms with Crippen LogP contribution in [0.25, 0.3) is 0 Å². The largest absolute Gasteiger partial charge is 0.353 e. The minimum atomic E-state index is -0.350. The third kappa shape index (κ3) is 5.57. The van der Waals surface area contributed by atoms with Gasteiger partial charge in [-0.2, -0.15) is 0 Å². The molecule has 3 nitrogen and oxygen atoms in total. The van der Waals surface area contributed by atoms with Gasteiger partial charge in [-0.25, -0.2) is 9.98 Å². The maximum absolute atomic E-state index is 5.46. The van der Waals surface area contributed by atoms with E-state index in [4.69, 9.17) is 9.98 Å². The first-order valence-corrected chi connectivity index (χ1v) is 15.8. The molecule has 0 saturated carbocycles. The maximum Gasteiger partial charge on any atom is 0.0878 e. The van der Waals surface area contributed by atoms with Crippen molar-refractivity contribution in [2.24, 2.45) is 9.98 Å². The molecule has 0 aromatic heterocycles. The predicted molar refractivity (Wildman–Crippen MR) is 194 cm³/mol. The lowest BCUT2D eigenvalue weighted by atomic mass is 9.72. The van der Waals surface area contributed by atoms with Crippen molar-refractivity contribution in [2.45, 2.75) is 33.1 Å². The summed E-state index contributed by atoms with van der Waals surface area (Å²) in [6.45, 7) is 8.93. The van der Waals surface area contributed by atoms with Gasteiger partial charge >= 0.3 is 0 Å². The van der Waals surface area contributed by atoms with Crippen molar-refractivity contribution >= 4 is 34.2 Å². The lowest BCUT2D eigenvalue weighted by molar-refractivity contribution is 0.638. The molecule has 1 aliphatic heterocycles. The topological polar surface area (TPSA) is 36.8 Å². The van der Waals surface area contributed by atoms with Crippen LogP contribution < -0.4 is 5.32 Å². The van der Waals surface area contributed by atoms with Gasteiger partial charge in [-0.3, -0.25) is 0 Å².